The third-order valence-electron chi connectivity index (χ3n) is 7.49. The minimum atomic E-state index is -1.29. The Morgan fingerprint density at radius 2 is 1.79 bits per heavy atom. The van der Waals surface area contributed by atoms with Gasteiger partial charge >= 0.3 is 0 Å². The molecule has 1 aromatic heterocycles. The summed E-state index contributed by atoms with van der Waals surface area (Å²) in [5.41, 5.74) is -0.362. The van der Waals surface area contributed by atoms with E-state index in [2.05, 4.69) is 0 Å². The van der Waals surface area contributed by atoms with Crippen molar-refractivity contribution in [2.24, 2.45) is 0 Å². The number of pyridine rings is 1. The van der Waals surface area contributed by atoms with Gasteiger partial charge in [-0.3, -0.25) is 24.1 Å². The molecule has 4 aliphatic rings. The number of aromatic nitrogens is 1. The number of hydrogen-bond donors (Lipinski definition) is 1. The van der Waals surface area contributed by atoms with Gasteiger partial charge < -0.3 is 24.4 Å². The number of benzene rings is 2. The lowest BCUT2D eigenvalue weighted by atomic mass is 9.92. The predicted molar refractivity (Wildman–Crippen MR) is 128 cm³/mol. The summed E-state index contributed by atoms with van der Waals surface area (Å²) in [5.74, 6) is -4.08. The van der Waals surface area contributed by atoms with Gasteiger partial charge in [0.15, 0.2) is 23.1 Å². The second kappa shape index (κ2) is 8.02. The summed E-state index contributed by atoms with van der Waals surface area (Å²) in [7, 11) is 0. The molecular weight excluding hydrogens is 502 g/mol. The topological polar surface area (TPSA) is 105 Å². The highest BCUT2D eigenvalue weighted by atomic mass is 19.2. The van der Waals surface area contributed by atoms with Crippen molar-refractivity contribution in [2.45, 2.75) is 12.2 Å². The van der Waals surface area contributed by atoms with Crippen molar-refractivity contribution >= 4 is 17.5 Å². The highest BCUT2D eigenvalue weighted by molar-refractivity contribution is 6.10. The van der Waals surface area contributed by atoms with E-state index >= 15 is 4.39 Å². The average Bonchev–Trinajstić information content (AvgIpc) is 3.03. The Hall–Kier alpha value is -4.45. The molecule has 0 spiro atoms. The van der Waals surface area contributed by atoms with Gasteiger partial charge in [-0.15, -0.1) is 0 Å². The van der Waals surface area contributed by atoms with Crippen LogP contribution in [0.1, 0.15) is 38.0 Å². The van der Waals surface area contributed by atoms with E-state index in [0.29, 0.717) is 17.0 Å². The van der Waals surface area contributed by atoms with Crippen LogP contribution in [0.3, 0.4) is 0 Å². The standard InChI is InChI=1S/C26H20F2N4O6/c27-15-5-4-13-19(20(15)28)25(35)30-9-11-38-17-3-1-2-14(22(17)30)21(13)32-18-12-37-10-8-29(18)26(36)23-24(34)16(33)6-7-31(23)32/h1-7,18,21,34H,8-12H2. The number of halogens is 2. The van der Waals surface area contributed by atoms with Crippen LogP contribution in [0.4, 0.5) is 14.5 Å². The van der Waals surface area contributed by atoms with E-state index < -0.39 is 52.4 Å². The number of aromatic hydroxyl groups is 1. The fourth-order valence-corrected chi connectivity index (χ4v) is 5.86. The molecule has 1 saturated heterocycles. The van der Waals surface area contributed by atoms with Gasteiger partial charge in [0.05, 0.1) is 31.0 Å². The molecule has 2 amide bonds. The lowest BCUT2D eigenvalue weighted by Crippen LogP contribution is -2.66. The minimum Gasteiger partial charge on any atom is -0.502 e. The third-order valence-corrected chi connectivity index (χ3v) is 7.49. The first-order valence-electron chi connectivity index (χ1n) is 12.1. The van der Waals surface area contributed by atoms with E-state index in [-0.39, 0.29) is 44.2 Å². The fourth-order valence-electron chi connectivity index (χ4n) is 5.86. The van der Waals surface area contributed by atoms with Crippen LogP contribution in [-0.4, -0.2) is 65.6 Å². The van der Waals surface area contributed by atoms with Gasteiger partial charge in [-0.25, -0.2) is 8.78 Å². The van der Waals surface area contributed by atoms with Gasteiger partial charge in [0.1, 0.15) is 24.6 Å². The second-order valence-electron chi connectivity index (χ2n) is 9.38. The Balaban J connectivity index is 1.59. The molecule has 4 aliphatic heterocycles. The Kier molecular flexibility index (Phi) is 4.80. The molecule has 7 rings (SSSR count). The van der Waals surface area contributed by atoms with Crippen LogP contribution in [0, 0.1) is 11.6 Å². The Labute approximate surface area is 213 Å². The Bertz CT molecular complexity index is 1610. The normalized spacial score (nSPS) is 21.7. The summed E-state index contributed by atoms with van der Waals surface area (Å²) in [6, 6.07) is 7.61. The van der Waals surface area contributed by atoms with E-state index in [0.717, 1.165) is 12.1 Å². The molecule has 1 fully saturated rings. The van der Waals surface area contributed by atoms with Gasteiger partial charge in [-0.05, 0) is 17.7 Å². The van der Waals surface area contributed by atoms with Crippen molar-refractivity contribution in [3.8, 4) is 11.5 Å². The first kappa shape index (κ1) is 22.7. The maximum Gasteiger partial charge on any atom is 0.278 e. The number of carbonyl (C=O) groups is 2. The van der Waals surface area contributed by atoms with Crippen molar-refractivity contribution in [2.75, 3.05) is 42.8 Å². The van der Waals surface area contributed by atoms with Crippen LogP contribution in [-0.2, 0) is 4.74 Å². The molecule has 38 heavy (non-hydrogen) atoms. The Morgan fingerprint density at radius 1 is 0.947 bits per heavy atom. The molecule has 0 aliphatic carbocycles. The summed E-state index contributed by atoms with van der Waals surface area (Å²) in [4.78, 5) is 42.4. The summed E-state index contributed by atoms with van der Waals surface area (Å²) >= 11 is 0. The Morgan fingerprint density at radius 3 is 2.63 bits per heavy atom. The summed E-state index contributed by atoms with van der Waals surface area (Å²) in [5, 5.41) is 12.4. The molecule has 3 aromatic rings. The van der Waals surface area contributed by atoms with Gasteiger partial charge in [0.25, 0.3) is 11.8 Å². The molecule has 0 bridgehead atoms. The first-order valence-corrected chi connectivity index (χ1v) is 12.1. The molecule has 194 valence electrons. The molecular formula is C26H20F2N4O6. The van der Waals surface area contributed by atoms with E-state index in [9.17, 15) is 23.9 Å². The van der Waals surface area contributed by atoms with Crippen molar-refractivity contribution in [3.63, 3.8) is 0 Å². The highest BCUT2D eigenvalue weighted by Gasteiger charge is 2.48. The first-order chi connectivity index (χ1) is 18.4. The maximum atomic E-state index is 15.5. The number of rotatable bonds is 1. The smallest absolute Gasteiger partial charge is 0.278 e. The summed E-state index contributed by atoms with van der Waals surface area (Å²) in [6.07, 6.45) is 0.579. The number of amides is 2. The van der Waals surface area contributed by atoms with Gasteiger partial charge in [-0.2, -0.15) is 0 Å². The van der Waals surface area contributed by atoms with Crippen molar-refractivity contribution in [1.29, 1.82) is 0 Å². The molecule has 2 aromatic carbocycles. The summed E-state index contributed by atoms with van der Waals surface area (Å²) in [6.45, 7) is 0.735. The van der Waals surface area contributed by atoms with Crippen LogP contribution < -0.4 is 20.1 Å². The van der Waals surface area contributed by atoms with Gasteiger partial charge in [0.2, 0.25) is 5.43 Å². The highest BCUT2D eigenvalue weighted by Crippen LogP contribution is 2.48. The molecule has 1 N–H and O–H groups in total. The van der Waals surface area contributed by atoms with Crippen LogP contribution in [0.2, 0.25) is 0 Å². The number of nitrogens with zero attached hydrogens (tertiary/aromatic N) is 4. The van der Waals surface area contributed by atoms with E-state index in [1.165, 1.54) is 26.7 Å². The number of carbonyl (C=O) groups excluding carboxylic acids is 2. The van der Waals surface area contributed by atoms with Gasteiger partial charge in [0, 0.05) is 24.4 Å². The molecule has 0 saturated carbocycles. The van der Waals surface area contributed by atoms with E-state index in [4.69, 9.17) is 9.47 Å². The third kappa shape index (κ3) is 2.91. The zero-order valence-corrected chi connectivity index (χ0v) is 19.8. The minimum absolute atomic E-state index is 0.0523. The van der Waals surface area contributed by atoms with Crippen molar-refractivity contribution in [3.05, 3.63) is 86.8 Å². The summed E-state index contributed by atoms with van der Waals surface area (Å²) < 4.78 is 42.9. The van der Waals surface area contributed by atoms with Crippen LogP contribution in [0.25, 0.3) is 0 Å². The molecule has 12 heteroatoms. The molecule has 2 atom stereocenters. The number of morpholine rings is 1. The van der Waals surface area contributed by atoms with E-state index in [1.54, 1.807) is 23.2 Å². The van der Waals surface area contributed by atoms with E-state index in [1.807, 2.05) is 0 Å². The lowest BCUT2D eigenvalue weighted by molar-refractivity contribution is -0.0197. The monoisotopic (exact) mass is 522 g/mol. The largest absolute Gasteiger partial charge is 0.502 e. The lowest BCUT2D eigenvalue weighted by Gasteiger charge is -2.51. The maximum absolute atomic E-state index is 15.5. The van der Waals surface area contributed by atoms with Crippen LogP contribution in [0.5, 0.6) is 11.5 Å². The fraction of sp³-hybridized carbons (Fsp3) is 0.269. The predicted octanol–water partition coefficient (Wildman–Crippen LogP) is 1.72. The van der Waals surface area contributed by atoms with Crippen LogP contribution in [0.15, 0.2) is 47.4 Å². The van der Waals surface area contributed by atoms with Gasteiger partial charge in [-0.1, -0.05) is 18.2 Å². The average molecular weight is 522 g/mol. The molecule has 0 radical (unpaired) electrons. The molecule has 10 nitrogen and oxygen atoms in total. The number of anilines is 1. The number of para-hydroxylation sites is 1. The van der Waals surface area contributed by atoms with Crippen LogP contribution >= 0.6 is 0 Å². The number of hydrogen-bond acceptors (Lipinski definition) is 7. The van der Waals surface area contributed by atoms with Crippen molar-refractivity contribution in [1.82, 2.24) is 9.58 Å². The quantitative estimate of drug-likeness (QED) is 0.519. The second-order valence-corrected chi connectivity index (χ2v) is 9.38. The zero-order valence-electron chi connectivity index (χ0n) is 19.8. The van der Waals surface area contributed by atoms with Crippen molar-refractivity contribution < 1.29 is 33.0 Å². The number of ether oxygens (including phenoxy) is 2. The molecule has 2 unspecified atom stereocenters. The zero-order chi connectivity index (χ0) is 26.3. The number of fused-ring (bicyclic) bond motifs is 3. The SMILES string of the molecule is O=C1c2c(ccc(F)c2F)C(N2C3COCCN3C(=O)c3c(O)c(=O)ccn32)c2cccc3c2N1CCO3. The molecule has 5 heterocycles.